The third kappa shape index (κ3) is 3.39. The van der Waals surface area contributed by atoms with E-state index in [1.165, 1.54) is 4.31 Å². The van der Waals surface area contributed by atoms with Gasteiger partial charge in [0, 0.05) is 26.2 Å². The summed E-state index contributed by atoms with van der Waals surface area (Å²) >= 11 is 0. The van der Waals surface area contributed by atoms with Crippen LogP contribution in [0.1, 0.15) is 11.1 Å². The maximum absolute atomic E-state index is 13.0. The number of hydrogen-bond donors (Lipinski definition) is 0. The topological polar surface area (TPSA) is 75.8 Å². The lowest BCUT2D eigenvalue weighted by Gasteiger charge is -2.34. The minimum absolute atomic E-state index is 0.364. The highest BCUT2D eigenvalue weighted by Gasteiger charge is 2.30. The molecule has 4 rings (SSSR count). The second kappa shape index (κ2) is 7.20. The van der Waals surface area contributed by atoms with Crippen molar-refractivity contribution in [1.29, 1.82) is 0 Å². The predicted molar refractivity (Wildman–Crippen MR) is 107 cm³/mol. The van der Waals surface area contributed by atoms with Crippen LogP contribution in [0.4, 0.5) is 0 Å². The van der Waals surface area contributed by atoms with E-state index in [4.69, 9.17) is 4.42 Å². The van der Waals surface area contributed by atoms with Crippen LogP contribution in [0.15, 0.2) is 56.6 Å². The average Bonchev–Trinajstić information content (AvgIpc) is 2.97. The first-order valence-corrected chi connectivity index (χ1v) is 10.7. The van der Waals surface area contributed by atoms with E-state index in [1.54, 1.807) is 16.7 Å². The van der Waals surface area contributed by atoms with E-state index in [1.807, 2.05) is 44.2 Å². The van der Waals surface area contributed by atoms with Gasteiger partial charge < -0.3 is 4.42 Å². The summed E-state index contributed by atoms with van der Waals surface area (Å²) in [5.41, 5.74) is 3.11. The molecule has 7 nitrogen and oxygen atoms in total. The molecule has 0 spiro atoms. The normalized spacial score (nSPS) is 16.6. The number of aryl methyl sites for hydroxylation is 2. The molecular weight excluding hydrogens is 378 g/mol. The quantitative estimate of drug-likeness (QED) is 0.670. The molecule has 1 saturated heterocycles. The van der Waals surface area contributed by atoms with Crippen LogP contribution in [0, 0.1) is 13.8 Å². The Morgan fingerprint density at radius 3 is 2.43 bits per heavy atom. The average molecular weight is 401 g/mol. The molecule has 1 aliphatic heterocycles. The number of aromatic nitrogens is 1. The number of nitrogens with zero attached hydrogens (tertiary/aromatic N) is 3. The van der Waals surface area contributed by atoms with Gasteiger partial charge in [-0.2, -0.15) is 4.31 Å². The van der Waals surface area contributed by atoms with Crippen LogP contribution in [0.5, 0.6) is 0 Å². The molecule has 1 aliphatic rings. The van der Waals surface area contributed by atoms with E-state index in [9.17, 15) is 13.2 Å². The highest BCUT2D eigenvalue weighted by molar-refractivity contribution is 7.89. The fourth-order valence-corrected chi connectivity index (χ4v) is 5.32. The standard InChI is InChI=1S/C20H23N3O4S/c1-15-7-8-19(16(2)13-15)28(25,26)22-11-9-21(10-12-22)14-23-17-5-3-4-6-18(17)27-20(23)24/h3-8,13H,9-12,14H2,1-2H3. The van der Waals surface area contributed by atoms with E-state index >= 15 is 0 Å². The molecule has 2 aromatic carbocycles. The first-order chi connectivity index (χ1) is 13.4. The molecule has 0 N–H and O–H groups in total. The molecule has 0 unspecified atom stereocenters. The fourth-order valence-electron chi connectivity index (χ4n) is 3.69. The zero-order valence-corrected chi connectivity index (χ0v) is 16.8. The van der Waals surface area contributed by atoms with Crippen molar-refractivity contribution in [3.8, 4) is 0 Å². The summed E-state index contributed by atoms with van der Waals surface area (Å²) in [6.45, 7) is 6.04. The molecule has 1 fully saturated rings. The van der Waals surface area contributed by atoms with Gasteiger partial charge in [-0.05, 0) is 37.6 Å². The Labute approximate surface area is 163 Å². The lowest BCUT2D eigenvalue weighted by atomic mass is 10.2. The highest BCUT2D eigenvalue weighted by atomic mass is 32.2. The molecule has 0 aliphatic carbocycles. The second-order valence-electron chi connectivity index (χ2n) is 7.20. The van der Waals surface area contributed by atoms with Crippen LogP contribution in [-0.2, 0) is 16.7 Å². The zero-order chi connectivity index (χ0) is 19.9. The van der Waals surface area contributed by atoms with Crippen LogP contribution < -0.4 is 5.76 Å². The third-order valence-electron chi connectivity index (χ3n) is 5.19. The molecule has 0 saturated carbocycles. The summed E-state index contributed by atoms with van der Waals surface area (Å²) in [5.74, 6) is -0.397. The van der Waals surface area contributed by atoms with Gasteiger partial charge in [0.05, 0.1) is 17.1 Å². The van der Waals surface area contributed by atoms with Crippen LogP contribution in [0.2, 0.25) is 0 Å². The van der Waals surface area contributed by atoms with Crippen molar-refractivity contribution in [3.05, 3.63) is 64.1 Å². The Morgan fingerprint density at radius 2 is 1.71 bits per heavy atom. The van der Waals surface area contributed by atoms with Gasteiger partial charge in [0.25, 0.3) is 0 Å². The maximum atomic E-state index is 13.0. The molecule has 0 atom stereocenters. The van der Waals surface area contributed by atoms with Crippen molar-refractivity contribution in [3.63, 3.8) is 0 Å². The van der Waals surface area contributed by atoms with Gasteiger partial charge in [-0.25, -0.2) is 13.2 Å². The number of fused-ring (bicyclic) bond motifs is 1. The number of oxazole rings is 1. The summed E-state index contributed by atoms with van der Waals surface area (Å²) in [6, 6.07) is 12.7. The number of para-hydroxylation sites is 2. The molecule has 0 radical (unpaired) electrons. The van der Waals surface area contributed by atoms with Crippen LogP contribution >= 0.6 is 0 Å². The van der Waals surface area contributed by atoms with Gasteiger partial charge in [0.1, 0.15) is 0 Å². The van der Waals surface area contributed by atoms with Crippen LogP contribution in [-0.4, -0.2) is 48.4 Å². The summed E-state index contributed by atoms with van der Waals surface area (Å²) in [5, 5.41) is 0. The minimum Gasteiger partial charge on any atom is -0.408 e. The van der Waals surface area contributed by atoms with Crippen molar-refractivity contribution in [2.45, 2.75) is 25.4 Å². The van der Waals surface area contributed by atoms with Gasteiger partial charge in [-0.15, -0.1) is 0 Å². The summed E-state index contributed by atoms with van der Waals surface area (Å²) in [6.07, 6.45) is 0. The van der Waals surface area contributed by atoms with E-state index in [0.717, 1.165) is 16.6 Å². The van der Waals surface area contributed by atoms with Gasteiger partial charge >= 0.3 is 5.76 Å². The summed E-state index contributed by atoms with van der Waals surface area (Å²) in [4.78, 5) is 14.6. The molecule has 3 aromatic rings. The number of sulfonamides is 1. The number of hydrogen-bond acceptors (Lipinski definition) is 5. The van der Waals surface area contributed by atoms with E-state index in [2.05, 4.69) is 4.90 Å². The monoisotopic (exact) mass is 401 g/mol. The SMILES string of the molecule is Cc1ccc(S(=O)(=O)N2CCN(Cn3c(=O)oc4ccccc43)CC2)c(C)c1. The fraction of sp³-hybridized carbons (Fsp3) is 0.350. The molecule has 0 amide bonds. The van der Waals surface area contributed by atoms with Crippen molar-refractivity contribution < 1.29 is 12.8 Å². The molecule has 8 heteroatoms. The third-order valence-corrected chi connectivity index (χ3v) is 7.25. The first-order valence-electron chi connectivity index (χ1n) is 9.24. The number of piperazine rings is 1. The summed E-state index contributed by atoms with van der Waals surface area (Å²) in [7, 11) is -3.52. The summed E-state index contributed by atoms with van der Waals surface area (Å²) < 4.78 is 34.4. The van der Waals surface area contributed by atoms with Crippen LogP contribution in [0.25, 0.3) is 11.1 Å². The van der Waals surface area contributed by atoms with Gasteiger partial charge in [0.15, 0.2) is 5.58 Å². The first kappa shape index (κ1) is 18.9. The lowest BCUT2D eigenvalue weighted by Crippen LogP contribution is -2.49. The minimum atomic E-state index is -3.52. The van der Waals surface area contributed by atoms with Crippen molar-refractivity contribution >= 4 is 21.1 Å². The van der Waals surface area contributed by atoms with E-state index in [-0.39, 0.29) is 0 Å². The number of benzene rings is 2. The Balaban J connectivity index is 1.48. The van der Waals surface area contributed by atoms with Crippen LogP contribution in [0.3, 0.4) is 0 Å². The van der Waals surface area contributed by atoms with Gasteiger partial charge in [0.2, 0.25) is 10.0 Å². The maximum Gasteiger partial charge on any atom is 0.421 e. The lowest BCUT2D eigenvalue weighted by molar-refractivity contribution is 0.150. The molecule has 148 valence electrons. The smallest absolute Gasteiger partial charge is 0.408 e. The van der Waals surface area contributed by atoms with Gasteiger partial charge in [-0.3, -0.25) is 9.47 Å². The Morgan fingerprint density at radius 1 is 1.00 bits per heavy atom. The second-order valence-corrected chi connectivity index (χ2v) is 9.10. The van der Waals surface area contributed by atoms with Crippen molar-refractivity contribution in [2.24, 2.45) is 0 Å². The Hall–Kier alpha value is -2.42. The van der Waals surface area contributed by atoms with Gasteiger partial charge in [-0.1, -0.05) is 29.8 Å². The van der Waals surface area contributed by atoms with Crippen molar-refractivity contribution in [1.82, 2.24) is 13.8 Å². The molecular formula is C20H23N3O4S. The molecule has 2 heterocycles. The Kier molecular flexibility index (Phi) is 4.86. The largest absolute Gasteiger partial charge is 0.421 e. The molecule has 28 heavy (non-hydrogen) atoms. The molecule has 1 aromatic heterocycles. The number of rotatable bonds is 4. The Bertz CT molecular complexity index is 1170. The van der Waals surface area contributed by atoms with E-state index < -0.39 is 15.8 Å². The zero-order valence-electron chi connectivity index (χ0n) is 16.0. The van der Waals surface area contributed by atoms with Crippen molar-refractivity contribution in [2.75, 3.05) is 26.2 Å². The predicted octanol–water partition coefficient (Wildman–Crippen LogP) is 2.18. The highest BCUT2D eigenvalue weighted by Crippen LogP contribution is 2.22. The molecule has 0 bridgehead atoms. The van der Waals surface area contributed by atoms with E-state index in [0.29, 0.717) is 43.3 Å².